The Morgan fingerprint density at radius 2 is 2.00 bits per heavy atom. The molecule has 1 amide bonds. The van der Waals surface area contributed by atoms with Crippen LogP contribution in [0.2, 0.25) is 0 Å². The minimum atomic E-state index is 0.0494. The minimum absolute atomic E-state index is 0.0494. The molecule has 6 heteroatoms. The van der Waals surface area contributed by atoms with Crippen LogP contribution >= 0.6 is 0 Å². The zero-order chi connectivity index (χ0) is 18.3. The lowest BCUT2D eigenvalue weighted by atomic mass is 10.2. The van der Waals surface area contributed by atoms with E-state index in [1.165, 1.54) is 0 Å². The molecule has 0 unspecified atom stereocenters. The molecule has 0 aliphatic rings. The highest BCUT2D eigenvalue weighted by Crippen LogP contribution is 2.18. The van der Waals surface area contributed by atoms with Gasteiger partial charge in [0.05, 0.1) is 6.54 Å². The highest BCUT2D eigenvalue weighted by molar-refractivity contribution is 5.81. The number of nitrogens with one attached hydrogen (secondary N) is 3. The van der Waals surface area contributed by atoms with E-state index >= 15 is 0 Å². The molecule has 0 fully saturated rings. The van der Waals surface area contributed by atoms with Crippen LogP contribution in [-0.4, -0.2) is 38.1 Å². The Balaban J connectivity index is 2.57. The molecule has 0 atom stereocenters. The average molecular weight is 346 g/mol. The molecule has 1 aromatic rings. The topological polar surface area (TPSA) is 74.8 Å². The monoisotopic (exact) mass is 346 g/mol. The van der Waals surface area contributed by atoms with E-state index in [1.807, 2.05) is 38.1 Å². The van der Waals surface area contributed by atoms with Crippen LogP contribution in [0.4, 0.5) is 0 Å². The number of carbonyl (C=O) groups is 1. The first-order valence-electron chi connectivity index (χ1n) is 8.81. The number of guanidine groups is 1. The lowest BCUT2D eigenvalue weighted by Crippen LogP contribution is -2.39. The second-order valence-electron chi connectivity index (χ2n) is 5.43. The molecule has 0 saturated carbocycles. The van der Waals surface area contributed by atoms with Gasteiger partial charge < -0.3 is 20.7 Å². The summed E-state index contributed by atoms with van der Waals surface area (Å²) in [5, 5.41) is 9.22. The predicted octanol–water partition coefficient (Wildman–Crippen LogP) is 2.22. The Kier molecular flexibility index (Phi) is 10.6. The third kappa shape index (κ3) is 8.79. The maximum absolute atomic E-state index is 11.6. The second kappa shape index (κ2) is 12.9. The van der Waals surface area contributed by atoms with E-state index in [9.17, 15) is 4.79 Å². The summed E-state index contributed by atoms with van der Waals surface area (Å²) in [5.41, 5.74) is 1.00. The van der Waals surface area contributed by atoms with Crippen LogP contribution in [-0.2, 0) is 11.3 Å². The maximum Gasteiger partial charge on any atom is 0.221 e. The number of hydrogen-bond acceptors (Lipinski definition) is 3. The van der Waals surface area contributed by atoms with Crippen LogP contribution < -0.4 is 20.7 Å². The Labute approximate surface area is 150 Å². The SMILES string of the molecule is C=CCOc1ccccc1CN=C(NCC)NCCC(=O)NCCC. The zero-order valence-corrected chi connectivity index (χ0v) is 15.3. The van der Waals surface area contributed by atoms with Gasteiger partial charge in [-0.2, -0.15) is 0 Å². The fraction of sp³-hybridized carbons (Fsp3) is 0.474. The largest absolute Gasteiger partial charge is 0.489 e. The first-order valence-corrected chi connectivity index (χ1v) is 8.81. The van der Waals surface area contributed by atoms with Crippen molar-refractivity contribution < 1.29 is 9.53 Å². The Morgan fingerprint density at radius 3 is 2.72 bits per heavy atom. The van der Waals surface area contributed by atoms with E-state index in [0.29, 0.717) is 38.6 Å². The normalized spacial score (nSPS) is 10.9. The molecule has 0 aromatic heterocycles. The standard InChI is InChI=1S/C19H30N4O2/c1-4-12-21-18(24)11-13-22-19(20-6-3)23-15-16-9-7-8-10-17(16)25-14-5-2/h5,7-10H,2,4,6,11-15H2,1,3H3,(H,21,24)(H2,20,22,23). The van der Waals surface area contributed by atoms with E-state index in [2.05, 4.69) is 27.5 Å². The Hall–Kier alpha value is -2.50. The molecule has 25 heavy (non-hydrogen) atoms. The number of aliphatic imine (C=N–C) groups is 1. The van der Waals surface area contributed by atoms with Gasteiger partial charge >= 0.3 is 0 Å². The smallest absolute Gasteiger partial charge is 0.221 e. The van der Waals surface area contributed by atoms with Crippen molar-refractivity contribution in [2.24, 2.45) is 4.99 Å². The van der Waals surface area contributed by atoms with E-state index in [1.54, 1.807) is 6.08 Å². The van der Waals surface area contributed by atoms with Crippen LogP contribution in [0.15, 0.2) is 41.9 Å². The molecule has 3 N–H and O–H groups in total. The number of benzene rings is 1. The van der Waals surface area contributed by atoms with Gasteiger partial charge in [-0.05, 0) is 19.4 Å². The van der Waals surface area contributed by atoms with Crippen molar-refractivity contribution in [1.29, 1.82) is 0 Å². The molecule has 0 saturated heterocycles. The maximum atomic E-state index is 11.6. The van der Waals surface area contributed by atoms with Gasteiger partial charge in [0.2, 0.25) is 5.91 Å². The molecule has 0 spiro atoms. The second-order valence-corrected chi connectivity index (χ2v) is 5.43. The van der Waals surface area contributed by atoms with Crippen molar-refractivity contribution in [1.82, 2.24) is 16.0 Å². The number of carbonyl (C=O) groups excluding carboxylic acids is 1. The summed E-state index contributed by atoms with van der Waals surface area (Å²) in [5.74, 6) is 1.54. The van der Waals surface area contributed by atoms with Crippen LogP contribution in [0.1, 0.15) is 32.3 Å². The van der Waals surface area contributed by atoms with Crippen molar-refractivity contribution in [3.63, 3.8) is 0 Å². The molecule has 6 nitrogen and oxygen atoms in total. The summed E-state index contributed by atoms with van der Waals surface area (Å²) >= 11 is 0. The predicted molar refractivity (Wildman–Crippen MR) is 103 cm³/mol. The average Bonchev–Trinajstić information content (AvgIpc) is 2.63. The number of ether oxygens (including phenoxy) is 1. The van der Waals surface area contributed by atoms with Gasteiger partial charge in [0.25, 0.3) is 0 Å². The molecule has 0 aliphatic heterocycles. The van der Waals surface area contributed by atoms with Crippen molar-refractivity contribution >= 4 is 11.9 Å². The molecule has 1 aromatic carbocycles. The van der Waals surface area contributed by atoms with Crippen LogP contribution in [0.5, 0.6) is 5.75 Å². The van der Waals surface area contributed by atoms with Crippen molar-refractivity contribution in [3.8, 4) is 5.75 Å². The van der Waals surface area contributed by atoms with Gasteiger partial charge in [-0.3, -0.25) is 4.79 Å². The van der Waals surface area contributed by atoms with Crippen molar-refractivity contribution in [2.75, 3.05) is 26.2 Å². The molecule has 0 bridgehead atoms. The van der Waals surface area contributed by atoms with Crippen molar-refractivity contribution in [3.05, 3.63) is 42.5 Å². The third-order valence-electron chi connectivity index (χ3n) is 3.30. The van der Waals surface area contributed by atoms with Gasteiger partial charge in [0.15, 0.2) is 5.96 Å². The molecule has 0 radical (unpaired) electrons. The summed E-state index contributed by atoms with van der Waals surface area (Å²) in [6, 6.07) is 7.81. The van der Waals surface area contributed by atoms with Crippen molar-refractivity contribution in [2.45, 2.75) is 33.2 Å². The quantitative estimate of drug-likeness (QED) is 0.326. The lowest BCUT2D eigenvalue weighted by Gasteiger charge is -2.12. The fourth-order valence-electron chi connectivity index (χ4n) is 2.08. The molecular formula is C19H30N4O2. The highest BCUT2D eigenvalue weighted by atomic mass is 16.5. The highest BCUT2D eigenvalue weighted by Gasteiger charge is 2.04. The van der Waals surface area contributed by atoms with Gasteiger partial charge in [-0.15, -0.1) is 0 Å². The number of rotatable bonds is 11. The van der Waals surface area contributed by atoms with Crippen LogP contribution in [0.25, 0.3) is 0 Å². The van der Waals surface area contributed by atoms with E-state index in [0.717, 1.165) is 24.3 Å². The molecular weight excluding hydrogens is 316 g/mol. The number of nitrogens with zero attached hydrogens (tertiary/aromatic N) is 1. The molecule has 0 heterocycles. The van der Waals surface area contributed by atoms with Crippen LogP contribution in [0.3, 0.4) is 0 Å². The first-order chi connectivity index (χ1) is 12.2. The molecule has 138 valence electrons. The fourth-order valence-corrected chi connectivity index (χ4v) is 2.08. The Bertz CT molecular complexity index is 558. The zero-order valence-electron chi connectivity index (χ0n) is 15.3. The van der Waals surface area contributed by atoms with E-state index in [-0.39, 0.29) is 5.91 Å². The summed E-state index contributed by atoms with van der Waals surface area (Å²) < 4.78 is 5.65. The summed E-state index contributed by atoms with van der Waals surface area (Å²) in [4.78, 5) is 16.2. The van der Waals surface area contributed by atoms with Gasteiger partial charge in [0.1, 0.15) is 12.4 Å². The molecule has 1 rings (SSSR count). The number of amides is 1. The summed E-state index contributed by atoms with van der Waals surface area (Å²) in [6.45, 7) is 10.7. The van der Waals surface area contributed by atoms with Gasteiger partial charge in [0, 0.05) is 31.6 Å². The summed E-state index contributed by atoms with van der Waals surface area (Å²) in [6.07, 6.45) is 3.08. The Morgan fingerprint density at radius 1 is 1.20 bits per heavy atom. The number of para-hydroxylation sites is 1. The summed E-state index contributed by atoms with van der Waals surface area (Å²) in [7, 11) is 0. The van der Waals surface area contributed by atoms with Crippen LogP contribution in [0, 0.1) is 0 Å². The first kappa shape index (κ1) is 20.5. The van der Waals surface area contributed by atoms with E-state index in [4.69, 9.17) is 4.74 Å². The van der Waals surface area contributed by atoms with Gasteiger partial charge in [-0.1, -0.05) is 37.8 Å². The molecule has 0 aliphatic carbocycles. The van der Waals surface area contributed by atoms with Gasteiger partial charge in [-0.25, -0.2) is 4.99 Å². The lowest BCUT2D eigenvalue weighted by molar-refractivity contribution is -0.120. The third-order valence-corrected chi connectivity index (χ3v) is 3.30. The van der Waals surface area contributed by atoms with E-state index < -0.39 is 0 Å². The minimum Gasteiger partial charge on any atom is -0.489 e. The number of hydrogen-bond donors (Lipinski definition) is 3.